The first-order valence-electron chi connectivity index (χ1n) is 5.97. The van der Waals surface area contributed by atoms with Crippen molar-refractivity contribution >= 4 is 11.8 Å². The standard InChI is InChI=1S/C14H23NS/c1-11(2)12(3)9-15-10-13-5-7-14(16-4)8-6-13/h5-8,11-12,15H,9-10H2,1-4H3. The van der Waals surface area contributed by atoms with Crippen molar-refractivity contribution in [1.29, 1.82) is 0 Å². The third kappa shape index (κ3) is 4.58. The normalized spacial score (nSPS) is 13.1. The molecule has 2 heteroatoms. The van der Waals surface area contributed by atoms with E-state index in [1.165, 1.54) is 10.5 Å². The second-order valence-electron chi connectivity index (χ2n) is 4.70. The van der Waals surface area contributed by atoms with Crippen molar-refractivity contribution in [3.63, 3.8) is 0 Å². The Kier molecular flexibility index (Phi) is 5.93. The molecule has 0 fully saturated rings. The topological polar surface area (TPSA) is 12.0 Å². The fourth-order valence-corrected chi connectivity index (χ4v) is 1.83. The van der Waals surface area contributed by atoms with Gasteiger partial charge in [0.2, 0.25) is 0 Å². The highest BCUT2D eigenvalue weighted by Crippen LogP contribution is 2.15. The summed E-state index contributed by atoms with van der Waals surface area (Å²) in [6, 6.07) is 8.79. The summed E-state index contributed by atoms with van der Waals surface area (Å²) in [4.78, 5) is 1.33. The van der Waals surface area contributed by atoms with Crippen LogP contribution in [0.25, 0.3) is 0 Å². The molecule has 0 bridgehead atoms. The number of hydrogen-bond donors (Lipinski definition) is 1. The quantitative estimate of drug-likeness (QED) is 0.756. The minimum absolute atomic E-state index is 0.741. The number of benzene rings is 1. The molecule has 1 aromatic carbocycles. The average molecular weight is 237 g/mol. The Bertz CT molecular complexity index is 292. The summed E-state index contributed by atoms with van der Waals surface area (Å²) < 4.78 is 0. The maximum absolute atomic E-state index is 3.51. The minimum atomic E-state index is 0.741. The van der Waals surface area contributed by atoms with Gasteiger partial charge in [0.1, 0.15) is 0 Å². The highest BCUT2D eigenvalue weighted by atomic mass is 32.2. The van der Waals surface area contributed by atoms with Crippen LogP contribution in [-0.4, -0.2) is 12.8 Å². The first-order chi connectivity index (χ1) is 7.63. The Balaban J connectivity index is 2.31. The molecule has 1 aromatic rings. The van der Waals surface area contributed by atoms with Crippen LogP contribution in [0, 0.1) is 11.8 Å². The van der Waals surface area contributed by atoms with E-state index in [1.54, 1.807) is 11.8 Å². The molecule has 0 saturated carbocycles. The van der Waals surface area contributed by atoms with E-state index in [2.05, 4.69) is 56.6 Å². The summed E-state index contributed by atoms with van der Waals surface area (Å²) in [6.45, 7) is 8.93. The molecule has 1 atom stereocenters. The smallest absolute Gasteiger partial charge is 0.0205 e. The first-order valence-corrected chi connectivity index (χ1v) is 7.19. The molecule has 0 saturated heterocycles. The molecule has 1 N–H and O–H groups in total. The molecule has 0 aliphatic carbocycles. The lowest BCUT2D eigenvalue weighted by molar-refractivity contribution is 0.392. The van der Waals surface area contributed by atoms with E-state index in [1.807, 2.05) is 0 Å². The van der Waals surface area contributed by atoms with Crippen molar-refractivity contribution in [2.45, 2.75) is 32.2 Å². The predicted octanol–water partition coefficient (Wildman–Crippen LogP) is 3.79. The van der Waals surface area contributed by atoms with Gasteiger partial charge in [-0.25, -0.2) is 0 Å². The summed E-state index contributed by atoms with van der Waals surface area (Å²) >= 11 is 1.79. The third-order valence-corrected chi connectivity index (χ3v) is 3.84. The van der Waals surface area contributed by atoms with E-state index in [9.17, 15) is 0 Å². The van der Waals surface area contributed by atoms with E-state index in [-0.39, 0.29) is 0 Å². The summed E-state index contributed by atoms with van der Waals surface area (Å²) in [5.74, 6) is 1.50. The van der Waals surface area contributed by atoms with Crippen LogP contribution < -0.4 is 5.32 Å². The highest BCUT2D eigenvalue weighted by Gasteiger charge is 2.05. The fourth-order valence-electron chi connectivity index (χ4n) is 1.42. The fraction of sp³-hybridized carbons (Fsp3) is 0.571. The molecular weight excluding hydrogens is 214 g/mol. The Morgan fingerprint density at radius 1 is 1.12 bits per heavy atom. The molecular formula is C14H23NS. The second kappa shape index (κ2) is 6.97. The molecule has 0 spiro atoms. The maximum Gasteiger partial charge on any atom is 0.0205 e. The zero-order chi connectivity index (χ0) is 12.0. The van der Waals surface area contributed by atoms with Crippen LogP contribution >= 0.6 is 11.8 Å². The first kappa shape index (κ1) is 13.6. The van der Waals surface area contributed by atoms with Gasteiger partial charge in [-0.15, -0.1) is 11.8 Å². The van der Waals surface area contributed by atoms with E-state index in [0.717, 1.165) is 24.9 Å². The van der Waals surface area contributed by atoms with Crippen molar-refractivity contribution in [3.05, 3.63) is 29.8 Å². The van der Waals surface area contributed by atoms with Crippen LogP contribution in [0.4, 0.5) is 0 Å². The van der Waals surface area contributed by atoms with Crippen LogP contribution in [0.1, 0.15) is 26.3 Å². The van der Waals surface area contributed by atoms with Gasteiger partial charge in [0, 0.05) is 11.4 Å². The molecule has 16 heavy (non-hydrogen) atoms. The van der Waals surface area contributed by atoms with Crippen LogP contribution in [0.2, 0.25) is 0 Å². The van der Waals surface area contributed by atoms with Gasteiger partial charge in [0.25, 0.3) is 0 Å². The van der Waals surface area contributed by atoms with E-state index in [4.69, 9.17) is 0 Å². The molecule has 90 valence electrons. The SMILES string of the molecule is CSc1ccc(CNCC(C)C(C)C)cc1. The summed E-state index contributed by atoms with van der Waals surface area (Å²) in [6.07, 6.45) is 2.11. The largest absolute Gasteiger partial charge is 0.312 e. The molecule has 0 amide bonds. The Morgan fingerprint density at radius 2 is 1.75 bits per heavy atom. The molecule has 0 radical (unpaired) electrons. The zero-order valence-electron chi connectivity index (χ0n) is 10.8. The van der Waals surface area contributed by atoms with Crippen molar-refractivity contribution in [1.82, 2.24) is 5.32 Å². The number of rotatable bonds is 6. The molecule has 1 unspecified atom stereocenters. The predicted molar refractivity (Wildman–Crippen MR) is 73.9 cm³/mol. The van der Waals surface area contributed by atoms with E-state index < -0.39 is 0 Å². The lowest BCUT2D eigenvalue weighted by Gasteiger charge is -2.16. The molecule has 0 aromatic heterocycles. The summed E-state index contributed by atoms with van der Waals surface area (Å²) in [7, 11) is 0. The van der Waals surface area contributed by atoms with Crippen molar-refractivity contribution in [2.75, 3.05) is 12.8 Å². The Labute approximate surface area is 104 Å². The Morgan fingerprint density at radius 3 is 2.25 bits per heavy atom. The molecule has 0 aliphatic rings. The lowest BCUT2D eigenvalue weighted by Crippen LogP contribution is -2.23. The lowest BCUT2D eigenvalue weighted by atomic mass is 9.98. The van der Waals surface area contributed by atoms with Gasteiger partial charge in [-0.3, -0.25) is 0 Å². The molecule has 1 rings (SSSR count). The Hall–Kier alpha value is -0.470. The van der Waals surface area contributed by atoms with Crippen LogP contribution in [0.15, 0.2) is 29.2 Å². The highest BCUT2D eigenvalue weighted by molar-refractivity contribution is 7.98. The third-order valence-electron chi connectivity index (χ3n) is 3.09. The summed E-state index contributed by atoms with van der Waals surface area (Å²) in [5.41, 5.74) is 1.37. The number of thioether (sulfide) groups is 1. The van der Waals surface area contributed by atoms with Gasteiger partial charge in [-0.05, 0) is 42.3 Å². The molecule has 1 nitrogen and oxygen atoms in total. The summed E-state index contributed by atoms with van der Waals surface area (Å²) in [5, 5.41) is 3.51. The van der Waals surface area contributed by atoms with Gasteiger partial charge in [-0.1, -0.05) is 32.9 Å². The van der Waals surface area contributed by atoms with Crippen LogP contribution in [-0.2, 0) is 6.54 Å². The van der Waals surface area contributed by atoms with Gasteiger partial charge < -0.3 is 5.32 Å². The van der Waals surface area contributed by atoms with Gasteiger partial charge in [0.15, 0.2) is 0 Å². The van der Waals surface area contributed by atoms with E-state index in [0.29, 0.717) is 0 Å². The molecule has 0 heterocycles. The maximum atomic E-state index is 3.51. The number of nitrogens with one attached hydrogen (secondary N) is 1. The van der Waals surface area contributed by atoms with Crippen molar-refractivity contribution in [2.24, 2.45) is 11.8 Å². The monoisotopic (exact) mass is 237 g/mol. The van der Waals surface area contributed by atoms with Crippen molar-refractivity contribution < 1.29 is 0 Å². The molecule has 0 aliphatic heterocycles. The zero-order valence-corrected chi connectivity index (χ0v) is 11.6. The second-order valence-corrected chi connectivity index (χ2v) is 5.58. The van der Waals surface area contributed by atoms with Crippen molar-refractivity contribution in [3.8, 4) is 0 Å². The number of hydrogen-bond acceptors (Lipinski definition) is 2. The van der Waals surface area contributed by atoms with E-state index >= 15 is 0 Å². The van der Waals surface area contributed by atoms with Gasteiger partial charge >= 0.3 is 0 Å². The van der Waals surface area contributed by atoms with Crippen LogP contribution in [0.5, 0.6) is 0 Å². The van der Waals surface area contributed by atoms with Crippen LogP contribution in [0.3, 0.4) is 0 Å². The average Bonchev–Trinajstić information content (AvgIpc) is 2.29. The minimum Gasteiger partial charge on any atom is -0.312 e. The van der Waals surface area contributed by atoms with Gasteiger partial charge in [-0.2, -0.15) is 0 Å². The van der Waals surface area contributed by atoms with Gasteiger partial charge in [0.05, 0.1) is 0 Å².